The number of benzene rings is 1. The van der Waals surface area contributed by atoms with Crippen molar-refractivity contribution in [3.63, 3.8) is 0 Å². The summed E-state index contributed by atoms with van der Waals surface area (Å²) in [4.78, 5) is 6.91. The number of nitrogens with zero attached hydrogens (tertiary/aromatic N) is 2. The highest BCUT2D eigenvalue weighted by Gasteiger charge is 2.20. The Balaban J connectivity index is 1.65. The molecular formula is C19H25N3. The predicted molar refractivity (Wildman–Crippen MR) is 90.7 cm³/mol. The van der Waals surface area contributed by atoms with E-state index in [1.807, 2.05) is 18.5 Å². The maximum atomic E-state index is 4.26. The summed E-state index contributed by atoms with van der Waals surface area (Å²) in [6.07, 6.45) is 7.45. The Kier molecular flexibility index (Phi) is 5.57. The predicted octanol–water partition coefficient (Wildman–Crippen LogP) is 2.88. The van der Waals surface area contributed by atoms with Crippen molar-refractivity contribution in [2.45, 2.75) is 31.8 Å². The van der Waals surface area contributed by atoms with Crippen LogP contribution in [0.25, 0.3) is 0 Å². The largest absolute Gasteiger partial charge is 0.317 e. The minimum absolute atomic E-state index is 0.685. The third-order valence-electron chi connectivity index (χ3n) is 4.46. The van der Waals surface area contributed by atoms with Crippen LogP contribution in [0, 0.1) is 0 Å². The highest BCUT2D eigenvalue weighted by molar-refractivity contribution is 5.15. The van der Waals surface area contributed by atoms with Crippen LogP contribution in [-0.4, -0.2) is 35.6 Å². The van der Waals surface area contributed by atoms with Gasteiger partial charge < -0.3 is 5.32 Å². The number of aromatic nitrogens is 1. The van der Waals surface area contributed by atoms with Crippen molar-refractivity contribution < 1.29 is 0 Å². The van der Waals surface area contributed by atoms with Gasteiger partial charge in [0.1, 0.15) is 0 Å². The second-order valence-electron chi connectivity index (χ2n) is 6.05. The van der Waals surface area contributed by atoms with E-state index in [-0.39, 0.29) is 0 Å². The van der Waals surface area contributed by atoms with Gasteiger partial charge in [-0.05, 0) is 49.5 Å². The van der Waals surface area contributed by atoms with E-state index >= 15 is 0 Å². The van der Waals surface area contributed by atoms with Gasteiger partial charge >= 0.3 is 0 Å². The first-order valence-electron chi connectivity index (χ1n) is 8.29. The van der Waals surface area contributed by atoms with E-state index in [2.05, 4.69) is 51.6 Å². The standard InChI is InChI=1S/C19H25N3/c1-2-5-17(6-3-1)10-14-22(19-8-12-20-13-9-19)16-18-7-4-11-21-15-18/h1-7,11,15,19-20H,8-10,12-14,16H2. The number of hydrogen-bond acceptors (Lipinski definition) is 3. The lowest BCUT2D eigenvalue weighted by molar-refractivity contribution is 0.155. The summed E-state index contributed by atoms with van der Waals surface area (Å²) in [6, 6.07) is 15.7. The molecule has 1 aromatic carbocycles. The number of rotatable bonds is 6. The van der Waals surface area contributed by atoms with Crippen LogP contribution in [0.2, 0.25) is 0 Å². The molecule has 1 saturated heterocycles. The fraction of sp³-hybridized carbons (Fsp3) is 0.421. The first-order chi connectivity index (χ1) is 10.9. The monoisotopic (exact) mass is 295 g/mol. The average molecular weight is 295 g/mol. The van der Waals surface area contributed by atoms with E-state index in [0.29, 0.717) is 6.04 Å². The molecule has 0 bridgehead atoms. The topological polar surface area (TPSA) is 28.2 Å². The first kappa shape index (κ1) is 15.2. The van der Waals surface area contributed by atoms with E-state index in [1.165, 1.54) is 24.0 Å². The van der Waals surface area contributed by atoms with Crippen molar-refractivity contribution in [2.24, 2.45) is 0 Å². The summed E-state index contributed by atoms with van der Waals surface area (Å²) in [5.74, 6) is 0. The van der Waals surface area contributed by atoms with Gasteiger partial charge in [-0.3, -0.25) is 9.88 Å². The second kappa shape index (κ2) is 8.06. The zero-order chi connectivity index (χ0) is 15.0. The van der Waals surface area contributed by atoms with Gasteiger partial charge in [0.2, 0.25) is 0 Å². The third kappa shape index (κ3) is 4.39. The van der Waals surface area contributed by atoms with Crippen molar-refractivity contribution in [1.29, 1.82) is 0 Å². The lowest BCUT2D eigenvalue weighted by Gasteiger charge is -2.34. The molecule has 1 aliphatic heterocycles. The number of hydrogen-bond donors (Lipinski definition) is 1. The third-order valence-corrected chi connectivity index (χ3v) is 4.46. The van der Waals surface area contributed by atoms with Crippen LogP contribution in [0.5, 0.6) is 0 Å². The fourth-order valence-electron chi connectivity index (χ4n) is 3.21. The fourth-order valence-corrected chi connectivity index (χ4v) is 3.21. The van der Waals surface area contributed by atoms with Crippen molar-refractivity contribution in [3.05, 3.63) is 66.0 Å². The number of piperidine rings is 1. The Hall–Kier alpha value is -1.71. The molecule has 2 aromatic rings. The molecule has 0 amide bonds. The summed E-state index contributed by atoms with van der Waals surface area (Å²) in [5.41, 5.74) is 2.74. The minimum atomic E-state index is 0.685. The van der Waals surface area contributed by atoms with E-state index in [4.69, 9.17) is 0 Å². The Morgan fingerprint density at radius 2 is 1.77 bits per heavy atom. The van der Waals surface area contributed by atoms with Crippen molar-refractivity contribution >= 4 is 0 Å². The van der Waals surface area contributed by atoms with Gasteiger partial charge in [-0.1, -0.05) is 36.4 Å². The zero-order valence-corrected chi connectivity index (χ0v) is 13.1. The van der Waals surface area contributed by atoms with Crippen LogP contribution in [0.4, 0.5) is 0 Å². The molecule has 0 spiro atoms. The van der Waals surface area contributed by atoms with Gasteiger partial charge in [-0.2, -0.15) is 0 Å². The SMILES string of the molecule is c1ccc(CCN(Cc2cccnc2)C2CCNCC2)cc1. The first-order valence-corrected chi connectivity index (χ1v) is 8.29. The van der Waals surface area contributed by atoms with Gasteiger partial charge in [-0.15, -0.1) is 0 Å². The Morgan fingerprint density at radius 1 is 1.00 bits per heavy atom. The molecular weight excluding hydrogens is 270 g/mol. The summed E-state index contributed by atoms with van der Waals surface area (Å²) < 4.78 is 0. The molecule has 0 radical (unpaired) electrons. The maximum absolute atomic E-state index is 4.26. The second-order valence-corrected chi connectivity index (χ2v) is 6.05. The molecule has 1 aromatic heterocycles. The molecule has 1 N–H and O–H groups in total. The minimum Gasteiger partial charge on any atom is -0.317 e. The number of pyridine rings is 1. The zero-order valence-electron chi connectivity index (χ0n) is 13.1. The molecule has 0 unspecified atom stereocenters. The van der Waals surface area contributed by atoms with Crippen LogP contribution in [0.1, 0.15) is 24.0 Å². The summed E-state index contributed by atoms with van der Waals surface area (Å²) in [7, 11) is 0. The van der Waals surface area contributed by atoms with E-state index in [1.54, 1.807) is 0 Å². The van der Waals surface area contributed by atoms with Crippen LogP contribution in [-0.2, 0) is 13.0 Å². The number of nitrogens with one attached hydrogen (secondary N) is 1. The molecule has 22 heavy (non-hydrogen) atoms. The molecule has 1 aliphatic rings. The van der Waals surface area contributed by atoms with Crippen LogP contribution < -0.4 is 5.32 Å². The molecule has 0 aliphatic carbocycles. The summed E-state index contributed by atoms with van der Waals surface area (Å²) >= 11 is 0. The maximum Gasteiger partial charge on any atom is 0.0312 e. The molecule has 3 nitrogen and oxygen atoms in total. The Labute approximate surface area is 133 Å². The Bertz CT molecular complexity index is 535. The Morgan fingerprint density at radius 3 is 2.50 bits per heavy atom. The van der Waals surface area contributed by atoms with Crippen LogP contribution >= 0.6 is 0 Å². The van der Waals surface area contributed by atoms with E-state index < -0.39 is 0 Å². The summed E-state index contributed by atoms with van der Waals surface area (Å²) in [5, 5.41) is 3.47. The van der Waals surface area contributed by atoms with E-state index in [0.717, 1.165) is 32.6 Å². The normalized spacial score (nSPS) is 16.0. The lowest BCUT2D eigenvalue weighted by Crippen LogP contribution is -2.43. The molecule has 116 valence electrons. The molecule has 1 fully saturated rings. The molecule has 3 heteroatoms. The van der Waals surface area contributed by atoms with Gasteiger partial charge in [0.15, 0.2) is 0 Å². The quantitative estimate of drug-likeness (QED) is 0.888. The highest BCUT2D eigenvalue weighted by Crippen LogP contribution is 2.16. The lowest BCUT2D eigenvalue weighted by atomic mass is 10.0. The molecule has 0 saturated carbocycles. The van der Waals surface area contributed by atoms with Crippen molar-refractivity contribution in [1.82, 2.24) is 15.2 Å². The van der Waals surface area contributed by atoms with Crippen molar-refractivity contribution in [2.75, 3.05) is 19.6 Å². The smallest absolute Gasteiger partial charge is 0.0312 e. The molecule has 3 rings (SSSR count). The highest BCUT2D eigenvalue weighted by atomic mass is 15.2. The molecule has 2 heterocycles. The average Bonchev–Trinajstić information content (AvgIpc) is 2.61. The summed E-state index contributed by atoms with van der Waals surface area (Å²) in [6.45, 7) is 4.40. The molecule has 0 atom stereocenters. The van der Waals surface area contributed by atoms with E-state index in [9.17, 15) is 0 Å². The van der Waals surface area contributed by atoms with Gasteiger partial charge in [0.05, 0.1) is 0 Å². The van der Waals surface area contributed by atoms with Gasteiger partial charge in [0.25, 0.3) is 0 Å². The van der Waals surface area contributed by atoms with Gasteiger partial charge in [-0.25, -0.2) is 0 Å². The van der Waals surface area contributed by atoms with Crippen LogP contribution in [0.3, 0.4) is 0 Å². The van der Waals surface area contributed by atoms with Gasteiger partial charge in [0, 0.05) is 31.5 Å². The van der Waals surface area contributed by atoms with Crippen molar-refractivity contribution in [3.8, 4) is 0 Å². The van der Waals surface area contributed by atoms with Crippen LogP contribution in [0.15, 0.2) is 54.9 Å².